The third kappa shape index (κ3) is 6.05. The van der Waals surface area contributed by atoms with Crippen molar-refractivity contribution in [3.63, 3.8) is 0 Å². The van der Waals surface area contributed by atoms with E-state index in [0.717, 1.165) is 51.9 Å². The number of piperidine rings is 1. The highest BCUT2D eigenvalue weighted by molar-refractivity contribution is 5.85. The fraction of sp³-hybridized carbons (Fsp3) is 0.929. The Kier molecular flexibility index (Phi) is 10.5. The Labute approximate surface area is 118 Å². The monoisotopic (exact) mass is 276 g/mol. The maximum absolute atomic E-state index is 12.4. The lowest BCUT2D eigenvalue weighted by Crippen LogP contribution is -2.43. The van der Waals surface area contributed by atoms with Crippen molar-refractivity contribution in [2.75, 3.05) is 26.2 Å². The van der Waals surface area contributed by atoms with E-state index in [4.69, 9.17) is 0 Å². The summed E-state index contributed by atoms with van der Waals surface area (Å²) in [5.74, 6) is 0.622. The summed E-state index contributed by atoms with van der Waals surface area (Å²) in [7, 11) is 0. The van der Waals surface area contributed by atoms with E-state index in [2.05, 4.69) is 24.1 Å². The SMILES string of the molecule is CCCCN(CCCC)C(=O)C1CCCNC1.Cl. The van der Waals surface area contributed by atoms with E-state index < -0.39 is 0 Å². The van der Waals surface area contributed by atoms with Crippen LogP contribution < -0.4 is 5.32 Å². The van der Waals surface area contributed by atoms with Gasteiger partial charge in [0.1, 0.15) is 0 Å². The number of rotatable bonds is 7. The standard InChI is InChI=1S/C14H28N2O.ClH/c1-3-5-10-16(11-6-4-2)14(17)13-8-7-9-15-12-13;/h13,15H,3-12H2,1-2H3;1H. The smallest absolute Gasteiger partial charge is 0.226 e. The summed E-state index contributed by atoms with van der Waals surface area (Å²) >= 11 is 0. The zero-order valence-corrected chi connectivity index (χ0v) is 12.7. The number of unbranched alkanes of at least 4 members (excludes halogenated alkanes) is 2. The van der Waals surface area contributed by atoms with Crippen LogP contribution >= 0.6 is 12.4 Å². The number of nitrogens with zero attached hydrogens (tertiary/aromatic N) is 1. The van der Waals surface area contributed by atoms with Crippen molar-refractivity contribution in [3.8, 4) is 0 Å². The molecule has 1 heterocycles. The number of hydrogen-bond donors (Lipinski definition) is 1. The summed E-state index contributed by atoms with van der Waals surface area (Å²) in [5, 5.41) is 3.34. The minimum atomic E-state index is 0. The van der Waals surface area contributed by atoms with E-state index in [0.29, 0.717) is 5.91 Å². The molecule has 1 unspecified atom stereocenters. The largest absolute Gasteiger partial charge is 0.342 e. The molecule has 1 N–H and O–H groups in total. The molecule has 0 radical (unpaired) electrons. The minimum absolute atomic E-state index is 0. The molecular weight excluding hydrogens is 248 g/mol. The van der Waals surface area contributed by atoms with E-state index in [1.165, 1.54) is 12.8 Å². The fourth-order valence-corrected chi connectivity index (χ4v) is 2.35. The summed E-state index contributed by atoms with van der Waals surface area (Å²) < 4.78 is 0. The van der Waals surface area contributed by atoms with Gasteiger partial charge in [-0.3, -0.25) is 4.79 Å². The second-order valence-corrected chi connectivity index (χ2v) is 5.08. The Morgan fingerprint density at radius 3 is 2.28 bits per heavy atom. The molecule has 108 valence electrons. The number of carbonyl (C=O) groups is 1. The van der Waals surface area contributed by atoms with Gasteiger partial charge in [-0.1, -0.05) is 26.7 Å². The number of halogens is 1. The molecule has 1 amide bonds. The van der Waals surface area contributed by atoms with E-state index in [1.807, 2.05) is 0 Å². The van der Waals surface area contributed by atoms with Gasteiger partial charge in [0.05, 0.1) is 5.92 Å². The van der Waals surface area contributed by atoms with Gasteiger partial charge in [0.15, 0.2) is 0 Å². The van der Waals surface area contributed by atoms with Gasteiger partial charge < -0.3 is 10.2 Å². The minimum Gasteiger partial charge on any atom is -0.342 e. The topological polar surface area (TPSA) is 32.3 Å². The first-order valence-corrected chi connectivity index (χ1v) is 7.29. The maximum Gasteiger partial charge on any atom is 0.226 e. The summed E-state index contributed by atoms with van der Waals surface area (Å²) in [4.78, 5) is 14.5. The van der Waals surface area contributed by atoms with Crippen molar-refractivity contribution >= 4 is 18.3 Å². The van der Waals surface area contributed by atoms with E-state index in [1.54, 1.807) is 0 Å². The van der Waals surface area contributed by atoms with Gasteiger partial charge in [0.25, 0.3) is 0 Å². The first kappa shape index (κ1) is 17.7. The predicted molar refractivity (Wildman–Crippen MR) is 79.2 cm³/mol. The second-order valence-electron chi connectivity index (χ2n) is 5.08. The molecule has 1 aliphatic rings. The zero-order valence-electron chi connectivity index (χ0n) is 11.9. The molecule has 1 atom stereocenters. The van der Waals surface area contributed by atoms with Crippen LogP contribution in [0.25, 0.3) is 0 Å². The molecule has 0 aromatic rings. The quantitative estimate of drug-likeness (QED) is 0.776. The highest BCUT2D eigenvalue weighted by Gasteiger charge is 2.25. The van der Waals surface area contributed by atoms with Gasteiger partial charge in [-0.2, -0.15) is 0 Å². The number of hydrogen-bond acceptors (Lipinski definition) is 2. The average Bonchev–Trinajstić information content (AvgIpc) is 2.39. The molecule has 0 spiro atoms. The van der Waals surface area contributed by atoms with Crippen LogP contribution in [0.3, 0.4) is 0 Å². The molecule has 0 aliphatic carbocycles. The predicted octanol–water partition coefficient (Wildman–Crippen LogP) is 2.84. The maximum atomic E-state index is 12.4. The molecule has 1 rings (SSSR count). The lowest BCUT2D eigenvalue weighted by Gasteiger charge is -2.29. The first-order valence-electron chi connectivity index (χ1n) is 7.29. The van der Waals surface area contributed by atoms with Gasteiger partial charge in [0.2, 0.25) is 5.91 Å². The molecule has 1 saturated heterocycles. The summed E-state index contributed by atoms with van der Waals surface area (Å²) in [6.07, 6.45) is 6.81. The van der Waals surface area contributed by atoms with Crippen LogP contribution in [-0.4, -0.2) is 37.0 Å². The van der Waals surface area contributed by atoms with Crippen LogP contribution in [0.5, 0.6) is 0 Å². The number of amides is 1. The Morgan fingerprint density at radius 2 is 1.83 bits per heavy atom. The molecule has 0 aromatic heterocycles. The van der Waals surface area contributed by atoms with Crippen molar-refractivity contribution in [1.29, 1.82) is 0 Å². The van der Waals surface area contributed by atoms with Gasteiger partial charge in [-0.25, -0.2) is 0 Å². The van der Waals surface area contributed by atoms with Gasteiger partial charge in [0, 0.05) is 19.6 Å². The summed E-state index contributed by atoms with van der Waals surface area (Å²) in [6.45, 7) is 8.23. The van der Waals surface area contributed by atoms with Gasteiger partial charge in [-0.15, -0.1) is 12.4 Å². The number of nitrogens with one attached hydrogen (secondary N) is 1. The van der Waals surface area contributed by atoms with Crippen LogP contribution in [-0.2, 0) is 4.79 Å². The molecule has 0 bridgehead atoms. The van der Waals surface area contributed by atoms with E-state index >= 15 is 0 Å². The van der Waals surface area contributed by atoms with Crippen molar-refractivity contribution < 1.29 is 4.79 Å². The van der Waals surface area contributed by atoms with Crippen LogP contribution in [0.4, 0.5) is 0 Å². The lowest BCUT2D eigenvalue weighted by molar-refractivity contribution is -0.136. The molecule has 18 heavy (non-hydrogen) atoms. The van der Waals surface area contributed by atoms with Crippen LogP contribution in [0.15, 0.2) is 0 Å². The normalized spacial score (nSPS) is 19.1. The Hall–Kier alpha value is -0.280. The Balaban J connectivity index is 0.00000289. The third-order valence-corrected chi connectivity index (χ3v) is 3.52. The van der Waals surface area contributed by atoms with Crippen LogP contribution in [0, 0.1) is 5.92 Å². The third-order valence-electron chi connectivity index (χ3n) is 3.52. The molecule has 0 aromatic carbocycles. The van der Waals surface area contributed by atoms with Crippen LogP contribution in [0.2, 0.25) is 0 Å². The molecule has 1 aliphatic heterocycles. The first-order chi connectivity index (χ1) is 8.29. The second kappa shape index (κ2) is 10.6. The van der Waals surface area contributed by atoms with Crippen molar-refractivity contribution in [2.45, 2.75) is 52.4 Å². The van der Waals surface area contributed by atoms with Crippen molar-refractivity contribution in [2.24, 2.45) is 5.92 Å². The number of carbonyl (C=O) groups excluding carboxylic acids is 1. The highest BCUT2D eigenvalue weighted by atomic mass is 35.5. The van der Waals surface area contributed by atoms with Gasteiger partial charge in [-0.05, 0) is 32.2 Å². The van der Waals surface area contributed by atoms with E-state index in [-0.39, 0.29) is 18.3 Å². The van der Waals surface area contributed by atoms with Crippen LogP contribution in [0.1, 0.15) is 52.4 Å². The molecule has 1 fully saturated rings. The highest BCUT2D eigenvalue weighted by Crippen LogP contribution is 2.14. The fourth-order valence-electron chi connectivity index (χ4n) is 2.35. The zero-order chi connectivity index (χ0) is 12.5. The molecule has 4 heteroatoms. The van der Waals surface area contributed by atoms with Crippen molar-refractivity contribution in [1.82, 2.24) is 10.2 Å². The molecule has 3 nitrogen and oxygen atoms in total. The van der Waals surface area contributed by atoms with E-state index in [9.17, 15) is 4.79 Å². The Bertz CT molecular complexity index is 210. The lowest BCUT2D eigenvalue weighted by atomic mass is 9.98. The summed E-state index contributed by atoms with van der Waals surface area (Å²) in [5.41, 5.74) is 0. The summed E-state index contributed by atoms with van der Waals surface area (Å²) in [6, 6.07) is 0. The molecule has 0 saturated carbocycles. The average molecular weight is 277 g/mol. The Morgan fingerprint density at radius 1 is 1.22 bits per heavy atom. The molecular formula is C14H29ClN2O. The van der Waals surface area contributed by atoms with Crippen molar-refractivity contribution in [3.05, 3.63) is 0 Å². The van der Waals surface area contributed by atoms with Gasteiger partial charge >= 0.3 is 0 Å².